The number of aryl methyl sites for hydroxylation is 1. The molecule has 186 valence electrons. The van der Waals surface area contributed by atoms with Crippen LogP contribution in [0.1, 0.15) is 27.8 Å². The summed E-state index contributed by atoms with van der Waals surface area (Å²) < 4.78 is 0. The predicted octanol–water partition coefficient (Wildman–Crippen LogP) is 10.3. The average Bonchev–Trinajstić information content (AvgIpc) is 3.49. The van der Waals surface area contributed by atoms with Crippen LogP contribution in [0.2, 0.25) is 0 Å². The summed E-state index contributed by atoms with van der Waals surface area (Å²) in [4.78, 5) is 0. The number of benzene rings is 7. The van der Waals surface area contributed by atoms with Crippen LogP contribution in [-0.4, -0.2) is 0 Å². The van der Waals surface area contributed by atoms with Crippen molar-refractivity contribution >= 4 is 21.5 Å². The lowest BCUT2D eigenvalue weighted by atomic mass is 9.70. The molecule has 7 aromatic carbocycles. The van der Waals surface area contributed by atoms with Gasteiger partial charge in [-0.3, -0.25) is 0 Å². The van der Waals surface area contributed by atoms with Crippen LogP contribution in [0.5, 0.6) is 0 Å². The molecule has 0 fully saturated rings. The third kappa shape index (κ3) is 2.57. The number of rotatable bonds is 1. The van der Waals surface area contributed by atoms with Crippen LogP contribution >= 0.6 is 0 Å². The van der Waals surface area contributed by atoms with Crippen LogP contribution in [0.15, 0.2) is 140 Å². The molecule has 0 saturated carbocycles. The third-order valence-corrected chi connectivity index (χ3v) is 9.49. The molecule has 0 heterocycles. The molecule has 0 radical (unpaired) electrons. The van der Waals surface area contributed by atoms with Crippen molar-refractivity contribution in [2.75, 3.05) is 0 Å². The summed E-state index contributed by atoms with van der Waals surface area (Å²) in [6.45, 7) is 2.26. The molecule has 1 spiro atoms. The maximum atomic E-state index is 2.51. The van der Waals surface area contributed by atoms with Crippen molar-refractivity contribution in [3.05, 3.63) is 167 Å². The van der Waals surface area contributed by atoms with E-state index < -0.39 is 0 Å². The Balaban J connectivity index is 1.44. The molecule has 0 atom stereocenters. The monoisotopic (exact) mass is 506 g/mol. The summed E-state index contributed by atoms with van der Waals surface area (Å²) in [7, 11) is 0. The van der Waals surface area contributed by atoms with Gasteiger partial charge in [-0.05, 0) is 95.7 Å². The largest absolute Gasteiger partial charge is 0.0725 e. The second kappa shape index (κ2) is 7.81. The summed E-state index contributed by atoms with van der Waals surface area (Å²) in [6.07, 6.45) is 0. The van der Waals surface area contributed by atoms with E-state index in [1.54, 1.807) is 0 Å². The quantitative estimate of drug-likeness (QED) is 0.194. The van der Waals surface area contributed by atoms with Crippen LogP contribution in [0, 0.1) is 6.92 Å². The fourth-order valence-electron chi connectivity index (χ4n) is 7.91. The molecule has 2 aliphatic carbocycles. The van der Waals surface area contributed by atoms with Gasteiger partial charge >= 0.3 is 0 Å². The van der Waals surface area contributed by atoms with Crippen molar-refractivity contribution in [3.8, 4) is 33.4 Å². The van der Waals surface area contributed by atoms with Crippen LogP contribution in [0.4, 0.5) is 0 Å². The lowest BCUT2D eigenvalue weighted by molar-refractivity contribution is 0.794. The Morgan fingerprint density at radius 3 is 1.27 bits per heavy atom. The highest BCUT2D eigenvalue weighted by Gasteiger charge is 2.51. The molecule has 0 bridgehead atoms. The fraction of sp³-hybridized carbons (Fsp3) is 0.0500. The van der Waals surface area contributed by atoms with E-state index in [2.05, 4.69) is 146 Å². The van der Waals surface area contributed by atoms with Gasteiger partial charge < -0.3 is 0 Å². The lowest BCUT2D eigenvalue weighted by Gasteiger charge is -2.30. The first-order valence-electron chi connectivity index (χ1n) is 14.1. The molecule has 0 aromatic heterocycles. The smallest absolute Gasteiger partial charge is 0.0619 e. The fourth-order valence-corrected chi connectivity index (χ4v) is 7.91. The minimum Gasteiger partial charge on any atom is -0.0619 e. The van der Waals surface area contributed by atoms with Gasteiger partial charge in [-0.25, -0.2) is 0 Å². The highest BCUT2D eigenvalue weighted by Crippen LogP contribution is 2.63. The van der Waals surface area contributed by atoms with Crippen molar-refractivity contribution in [1.82, 2.24) is 0 Å². The van der Waals surface area contributed by atoms with Gasteiger partial charge in [-0.1, -0.05) is 133 Å². The van der Waals surface area contributed by atoms with E-state index in [0.29, 0.717) is 0 Å². The molecule has 0 aliphatic heterocycles. The molecule has 0 saturated heterocycles. The maximum Gasteiger partial charge on any atom is 0.0725 e. The van der Waals surface area contributed by atoms with Gasteiger partial charge in [0.15, 0.2) is 0 Å². The van der Waals surface area contributed by atoms with E-state index in [9.17, 15) is 0 Å². The van der Waals surface area contributed by atoms with Crippen molar-refractivity contribution in [1.29, 1.82) is 0 Å². The number of hydrogen-bond donors (Lipinski definition) is 0. The predicted molar refractivity (Wildman–Crippen MR) is 168 cm³/mol. The van der Waals surface area contributed by atoms with E-state index in [0.717, 1.165) is 0 Å². The van der Waals surface area contributed by atoms with Gasteiger partial charge in [0, 0.05) is 0 Å². The van der Waals surface area contributed by atoms with Gasteiger partial charge in [0.2, 0.25) is 0 Å². The Bertz CT molecular complexity index is 2060. The van der Waals surface area contributed by atoms with E-state index in [1.807, 2.05) is 0 Å². The zero-order valence-electron chi connectivity index (χ0n) is 22.3. The summed E-state index contributed by atoms with van der Waals surface area (Å²) in [6, 6.07) is 52.2. The molecule has 0 N–H and O–H groups in total. The first kappa shape index (κ1) is 21.9. The number of hydrogen-bond acceptors (Lipinski definition) is 0. The van der Waals surface area contributed by atoms with Crippen LogP contribution < -0.4 is 0 Å². The normalized spacial score (nSPS) is 13.8. The van der Waals surface area contributed by atoms with Crippen LogP contribution in [0.3, 0.4) is 0 Å². The standard InChI is InChI=1S/C40H26/c1-25-27-12-2-4-17-33(27)39(34-18-5-3-13-28(25)34)26-22-23-32-31-16-8-11-21-37(31)40(38(32)24-26)35-19-9-6-14-29(35)30-15-7-10-20-36(30)40/h2-24H,1H3. The first-order chi connectivity index (χ1) is 19.8. The Morgan fingerprint density at radius 1 is 0.375 bits per heavy atom. The zero-order chi connectivity index (χ0) is 26.4. The van der Waals surface area contributed by atoms with Crippen molar-refractivity contribution in [3.63, 3.8) is 0 Å². The third-order valence-electron chi connectivity index (χ3n) is 9.49. The minimum atomic E-state index is -0.328. The van der Waals surface area contributed by atoms with Crippen LogP contribution in [-0.2, 0) is 5.41 Å². The van der Waals surface area contributed by atoms with Gasteiger partial charge in [-0.2, -0.15) is 0 Å². The van der Waals surface area contributed by atoms with Gasteiger partial charge in [0.05, 0.1) is 5.41 Å². The van der Waals surface area contributed by atoms with Crippen molar-refractivity contribution in [2.45, 2.75) is 12.3 Å². The molecule has 0 unspecified atom stereocenters. The first-order valence-corrected chi connectivity index (χ1v) is 14.1. The summed E-state index contributed by atoms with van der Waals surface area (Å²) in [5, 5.41) is 5.28. The van der Waals surface area contributed by atoms with Gasteiger partial charge in [-0.15, -0.1) is 0 Å². The summed E-state index contributed by atoms with van der Waals surface area (Å²) in [5.74, 6) is 0. The summed E-state index contributed by atoms with van der Waals surface area (Å²) in [5.41, 5.74) is 14.5. The van der Waals surface area contributed by atoms with E-state index in [4.69, 9.17) is 0 Å². The topological polar surface area (TPSA) is 0 Å². The SMILES string of the molecule is Cc1c2ccccc2c(-c2ccc3c(c2)C2(c4ccccc4-c4ccccc42)c2ccccc2-3)c2ccccc12. The molecule has 2 aliphatic rings. The minimum absolute atomic E-state index is 0.328. The van der Waals surface area contributed by atoms with E-state index >= 15 is 0 Å². The molecule has 0 heteroatoms. The lowest BCUT2D eigenvalue weighted by Crippen LogP contribution is -2.25. The molecule has 0 nitrogen and oxygen atoms in total. The second-order valence-electron chi connectivity index (χ2n) is 11.2. The summed E-state index contributed by atoms with van der Waals surface area (Å²) >= 11 is 0. The van der Waals surface area contributed by atoms with E-state index in [1.165, 1.54) is 82.7 Å². The highest BCUT2D eigenvalue weighted by molar-refractivity contribution is 6.15. The zero-order valence-corrected chi connectivity index (χ0v) is 22.3. The Kier molecular flexibility index (Phi) is 4.28. The molecular weight excluding hydrogens is 480 g/mol. The van der Waals surface area contributed by atoms with Gasteiger partial charge in [0.25, 0.3) is 0 Å². The van der Waals surface area contributed by atoms with Gasteiger partial charge in [0.1, 0.15) is 0 Å². The Labute approximate surface area is 234 Å². The molecule has 7 aromatic rings. The van der Waals surface area contributed by atoms with Crippen molar-refractivity contribution in [2.24, 2.45) is 0 Å². The van der Waals surface area contributed by atoms with Crippen molar-refractivity contribution < 1.29 is 0 Å². The highest BCUT2D eigenvalue weighted by atomic mass is 14.5. The molecule has 9 rings (SSSR count). The van der Waals surface area contributed by atoms with E-state index in [-0.39, 0.29) is 5.41 Å². The number of fused-ring (bicyclic) bond motifs is 12. The Morgan fingerprint density at radius 2 is 0.775 bits per heavy atom. The molecule has 40 heavy (non-hydrogen) atoms. The van der Waals surface area contributed by atoms with Crippen LogP contribution in [0.25, 0.3) is 54.9 Å². The maximum absolute atomic E-state index is 2.51. The average molecular weight is 507 g/mol. The molecule has 0 amide bonds. The Hall–Kier alpha value is -4.94. The second-order valence-corrected chi connectivity index (χ2v) is 11.2. The molecular formula is C40H26.